The molecule has 6 saturated heterocycles. The van der Waals surface area contributed by atoms with Gasteiger partial charge in [-0.25, -0.2) is 0 Å². The number of carbonyl (C=O) groups excluding carboxylic acids is 3. The zero-order chi connectivity index (χ0) is 62.0. The number of carbonyl (C=O) groups is 4. The van der Waals surface area contributed by atoms with Gasteiger partial charge in [0.05, 0.1) is 35.3 Å². The van der Waals surface area contributed by atoms with Crippen molar-refractivity contribution >= 4 is 95.9 Å². The molecular weight excluding hydrogens is 1190 g/mol. The summed E-state index contributed by atoms with van der Waals surface area (Å²) < 4.78 is 0. The number of aryl methyl sites for hydroxylation is 4. The van der Waals surface area contributed by atoms with E-state index in [1.165, 1.54) is 66.7 Å². The summed E-state index contributed by atoms with van der Waals surface area (Å²) >= 11 is 3.49. The number of halogens is 1. The quantitative estimate of drug-likeness (QED) is 0.0582. The number of hydrogen-bond acceptors (Lipinski definition) is 12. The highest BCUT2D eigenvalue weighted by atomic mass is 35.5. The number of H-pyrrole nitrogens is 3. The van der Waals surface area contributed by atoms with Crippen molar-refractivity contribution in [3.8, 4) is 22.5 Å². The van der Waals surface area contributed by atoms with E-state index < -0.39 is 16.8 Å². The molecule has 3 amide bonds. The second-order valence-corrected chi connectivity index (χ2v) is 29.8. The van der Waals surface area contributed by atoms with Gasteiger partial charge in [0.15, 0.2) is 0 Å². The minimum Gasteiger partial charge on any atom is -0.480 e. The lowest BCUT2D eigenvalue weighted by atomic mass is 9.88. The third-order valence-electron chi connectivity index (χ3n) is 20.5. The summed E-state index contributed by atoms with van der Waals surface area (Å²) in [6, 6.07) is 25.4. The molecule has 5 N–H and O–H groups in total. The Labute approximate surface area is 542 Å². The Bertz CT molecular complexity index is 3890. The van der Waals surface area contributed by atoms with Crippen LogP contribution in [0.15, 0.2) is 66.7 Å². The van der Waals surface area contributed by atoms with Crippen LogP contribution in [0.25, 0.3) is 54.0 Å². The first-order chi connectivity index (χ1) is 42.7. The summed E-state index contributed by atoms with van der Waals surface area (Å²) in [4.78, 5) is 77.7. The molecule has 5 aromatic heterocycles. The maximum atomic E-state index is 14.0. The summed E-state index contributed by atoms with van der Waals surface area (Å²) in [5, 5.41) is 25.4. The van der Waals surface area contributed by atoms with E-state index in [2.05, 4.69) is 159 Å². The molecular formula is C70H89ClN12O5S2. The first-order valence-corrected chi connectivity index (χ1v) is 34.2. The molecule has 17 nitrogen and oxygen atoms in total. The first kappa shape index (κ1) is 63.7. The average molecular weight is 1280 g/mol. The van der Waals surface area contributed by atoms with Gasteiger partial charge in [0.2, 0.25) is 17.7 Å². The molecule has 8 aromatic rings. The summed E-state index contributed by atoms with van der Waals surface area (Å²) in [5.74, 6) is -0.193. The van der Waals surface area contributed by atoms with Gasteiger partial charge in [-0.1, -0.05) is 34.4 Å². The number of aliphatic carboxylic acids is 1. The topological polar surface area (TPSA) is 193 Å². The van der Waals surface area contributed by atoms with Crippen molar-refractivity contribution in [2.24, 2.45) is 0 Å². The molecule has 0 spiro atoms. The fraction of sp³-hybridized carbons (Fsp3) is 0.514. The van der Waals surface area contributed by atoms with E-state index in [4.69, 9.17) is 5.11 Å². The van der Waals surface area contributed by atoms with Crippen LogP contribution in [-0.2, 0) is 42.8 Å². The van der Waals surface area contributed by atoms with Crippen molar-refractivity contribution < 1.29 is 24.3 Å². The number of rotatable bonds is 17. The average Bonchev–Trinajstić information content (AvgIpc) is 1.62. The van der Waals surface area contributed by atoms with Gasteiger partial charge in [0.25, 0.3) is 0 Å². The summed E-state index contributed by atoms with van der Waals surface area (Å²) in [6.07, 6.45) is 11.1. The number of carboxylic acids is 1. The Balaban J connectivity index is 0.000000176. The van der Waals surface area contributed by atoms with E-state index in [9.17, 15) is 19.2 Å². The lowest BCUT2D eigenvalue weighted by Crippen LogP contribution is -2.49. The van der Waals surface area contributed by atoms with Gasteiger partial charge in [-0.2, -0.15) is 15.4 Å². The van der Waals surface area contributed by atoms with Crippen molar-refractivity contribution in [2.45, 2.75) is 155 Å². The number of aromatic amines is 3. The second-order valence-electron chi connectivity index (χ2n) is 27.7. The molecule has 6 aliphatic heterocycles. The third-order valence-corrected chi connectivity index (χ3v) is 23.3. The van der Waals surface area contributed by atoms with Gasteiger partial charge in [-0.05, 0) is 196 Å². The molecule has 0 saturated carbocycles. The second kappa shape index (κ2) is 25.9. The Morgan fingerprint density at radius 2 is 0.922 bits per heavy atom. The molecule has 90 heavy (non-hydrogen) atoms. The Hall–Kier alpha value is -6.45. The van der Waals surface area contributed by atoms with Gasteiger partial charge in [0, 0.05) is 116 Å². The van der Waals surface area contributed by atoms with Gasteiger partial charge in [-0.15, -0.1) is 35.1 Å². The lowest BCUT2D eigenvalue weighted by Gasteiger charge is -2.34. The molecule has 0 atom stereocenters. The van der Waals surface area contributed by atoms with Crippen LogP contribution < -0.4 is 5.32 Å². The molecule has 0 radical (unpaired) electrons. The molecule has 478 valence electrons. The van der Waals surface area contributed by atoms with Crippen LogP contribution in [0.4, 0.5) is 5.69 Å². The van der Waals surface area contributed by atoms with Crippen LogP contribution in [0.5, 0.6) is 0 Å². The van der Waals surface area contributed by atoms with Crippen LogP contribution in [0.1, 0.15) is 122 Å². The fourth-order valence-electron chi connectivity index (χ4n) is 15.7. The van der Waals surface area contributed by atoms with Crippen molar-refractivity contribution in [2.75, 3.05) is 83.9 Å². The predicted molar refractivity (Wildman–Crippen MR) is 365 cm³/mol. The maximum absolute atomic E-state index is 14.0. The van der Waals surface area contributed by atoms with E-state index in [-0.39, 0.29) is 30.8 Å². The van der Waals surface area contributed by atoms with Crippen LogP contribution in [-0.4, -0.2) is 186 Å². The maximum Gasteiger partial charge on any atom is 0.317 e. The number of fused-ring (bicyclic) bond motifs is 7. The van der Waals surface area contributed by atoms with E-state index in [0.29, 0.717) is 36.6 Å². The summed E-state index contributed by atoms with van der Waals surface area (Å²) in [6.45, 7) is 26.3. The summed E-state index contributed by atoms with van der Waals surface area (Å²) in [7, 11) is 0. The van der Waals surface area contributed by atoms with E-state index in [1.54, 1.807) is 22.7 Å². The van der Waals surface area contributed by atoms with E-state index >= 15 is 0 Å². The zero-order valence-corrected chi connectivity index (χ0v) is 56.0. The van der Waals surface area contributed by atoms with Crippen molar-refractivity contribution in [3.05, 3.63) is 110 Å². The number of nitrogens with zero attached hydrogens (tertiary/aromatic N) is 8. The first-order valence-electron chi connectivity index (χ1n) is 32.6. The highest BCUT2D eigenvalue weighted by Crippen LogP contribution is 2.47. The number of carboxylic acid groups (broad SMARTS) is 1. The molecule has 6 aliphatic rings. The Morgan fingerprint density at radius 1 is 0.533 bits per heavy atom. The molecule has 6 fully saturated rings. The van der Waals surface area contributed by atoms with Crippen molar-refractivity contribution in [1.82, 2.24) is 54.8 Å². The van der Waals surface area contributed by atoms with Crippen LogP contribution in [0, 0.1) is 27.7 Å². The largest absolute Gasteiger partial charge is 0.480 e. The van der Waals surface area contributed by atoms with Gasteiger partial charge < -0.3 is 40.0 Å². The molecule has 0 aliphatic carbocycles. The number of hydrogen-bond donors (Lipinski definition) is 5. The van der Waals surface area contributed by atoms with Crippen LogP contribution in [0.3, 0.4) is 0 Å². The minimum atomic E-state index is -0.756. The molecule has 14 rings (SSSR count). The molecule has 4 bridgehead atoms. The number of aromatic nitrogens is 5. The van der Waals surface area contributed by atoms with Gasteiger partial charge >= 0.3 is 5.97 Å². The van der Waals surface area contributed by atoms with Crippen LogP contribution >= 0.6 is 35.1 Å². The minimum absolute atomic E-state index is 0. The fourth-order valence-corrected chi connectivity index (χ4v) is 18.0. The van der Waals surface area contributed by atoms with E-state index in [0.717, 1.165) is 166 Å². The zero-order valence-electron chi connectivity index (χ0n) is 53.6. The van der Waals surface area contributed by atoms with Crippen molar-refractivity contribution in [3.63, 3.8) is 0 Å². The van der Waals surface area contributed by atoms with E-state index in [1.807, 2.05) is 23.1 Å². The number of benzene rings is 3. The highest BCUT2D eigenvalue weighted by molar-refractivity contribution is 7.19. The van der Waals surface area contributed by atoms with Crippen LogP contribution in [0.2, 0.25) is 0 Å². The molecule has 20 heteroatoms. The predicted octanol–water partition coefficient (Wildman–Crippen LogP) is 11.6. The monoisotopic (exact) mass is 1280 g/mol. The smallest absolute Gasteiger partial charge is 0.317 e. The standard InChI is InChI=1S/C38H46N8O2S.C32H42N4O3S.ClH/c1-23-17-24(2)19-25(18-23)35-29(30-21-33(49-36(30)40-35)38(3,4)37(48)46-27-6-7-28(46)9-8-27)11-12-44-13-15-45(16-14-44)22-34(47)39-26-5-10-31-32(20-26)42-43-41-31;1-20-15-21(2)17-22(16-20)29-25(9-10-34-11-13-35(14-12-34)19-28(37)38)26-18-27(40-30(26)33-29)32(3,4)31(39)36-23-5-6-24(36)8-7-23;/h5,10,17-21,27-28,40H,6-9,11-16,22H2,1-4H3,(H,39,47)(H,41,42,43);15-18,23-24,33H,5-14,19H2,1-4H3,(H,37,38);1H. The number of nitrogens with one attached hydrogen (secondary N) is 4. The highest BCUT2D eigenvalue weighted by Gasteiger charge is 2.49. The molecule has 0 unspecified atom stereocenters. The van der Waals surface area contributed by atoms with Crippen molar-refractivity contribution in [1.29, 1.82) is 0 Å². The number of amides is 3. The Kier molecular flexibility index (Phi) is 18.3. The van der Waals surface area contributed by atoms with Gasteiger partial charge in [0.1, 0.15) is 20.7 Å². The number of thiophene rings is 2. The third kappa shape index (κ3) is 12.9. The Morgan fingerprint density at radius 3 is 1.33 bits per heavy atom. The lowest BCUT2D eigenvalue weighted by molar-refractivity contribution is -0.139. The summed E-state index contributed by atoms with van der Waals surface area (Å²) in [5.41, 5.74) is 13.6. The normalized spacial score (nSPS) is 20.8. The molecule has 3 aromatic carbocycles. The SMILES string of the molecule is Cc1cc(C)cc(-c2[nH]c3sc(C(C)(C)C(=O)N4C5CCC4CC5)cc3c2CCN2CCN(CC(=O)Nc3ccc4n[nH]nc4c3)CC2)c1.Cc1cc(C)cc(-c2[nH]c3sc(C(C)(C)C(=O)N4C5CCC4CC5)cc3c2CCN2CCN(CC(=O)O)CC2)c1.Cl. The number of anilines is 1. The van der Waals surface area contributed by atoms with Gasteiger partial charge in [-0.3, -0.25) is 29.0 Å². The molecule has 11 heterocycles. The number of piperazine rings is 2.